The number of carbonyl (C=O) groups excluding carboxylic acids is 4. The van der Waals surface area contributed by atoms with Crippen LogP contribution in [0.15, 0.2) is 52.5 Å². The second kappa shape index (κ2) is 7.77. The van der Waals surface area contributed by atoms with Crippen LogP contribution < -0.4 is 9.80 Å². The Balaban J connectivity index is 1.88. The third kappa shape index (κ3) is 3.27. The average molecular weight is 483 g/mol. The van der Waals surface area contributed by atoms with E-state index in [1.54, 1.807) is 23.1 Å². The van der Waals surface area contributed by atoms with Gasteiger partial charge in [0.25, 0.3) is 11.8 Å². The first-order chi connectivity index (χ1) is 14.8. The van der Waals surface area contributed by atoms with Gasteiger partial charge in [0.1, 0.15) is 0 Å². The van der Waals surface area contributed by atoms with Crippen molar-refractivity contribution >= 4 is 56.6 Å². The molecule has 1 saturated heterocycles. The smallest absolute Gasteiger partial charge is 0.339 e. The fraction of sp³-hybridized carbons (Fsp3) is 0.217. The lowest BCUT2D eigenvalue weighted by molar-refractivity contribution is -0.121. The fourth-order valence-corrected chi connectivity index (χ4v) is 4.37. The molecule has 0 aliphatic carbocycles. The zero-order valence-electron chi connectivity index (χ0n) is 17.1. The van der Waals surface area contributed by atoms with Crippen LogP contribution in [-0.2, 0) is 19.1 Å². The number of ether oxygens (including phenoxy) is 1. The summed E-state index contributed by atoms with van der Waals surface area (Å²) in [5.74, 6) is -2.09. The van der Waals surface area contributed by atoms with Gasteiger partial charge in [-0.1, -0.05) is 28.1 Å². The number of amides is 3. The molecule has 0 radical (unpaired) electrons. The van der Waals surface area contributed by atoms with E-state index in [9.17, 15) is 19.2 Å². The molecule has 7 nitrogen and oxygen atoms in total. The van der Waals surface area contributed by atoms with Gasteiger partial charge in [0.2, 0.25) is 5.91 Å². The first-order valence-electron chi connectivity index (χ1n) is 9.67. The molecule has 8 heteroatoms. The molecular formula is C23H19BrN2O5. The molecule has 0 bridgehead atoms. The van der Waals surface area contributed by atoms with Crippen molar-refractivity contribution < 1.29 is 23.9 Å². The zero-order chi connectivity index (χ0) is 22.4. The molecule has 0 atom stereocenters. The van der Waals surface area contributed by atoms with Gasteiger partial charge in [0, 0.05) is 21.7 Å². The molecule has 4 rings (SSSR count). The van der Waals surface area contributed by atoms with E-state index in [4.69, 9.17) is 4.74 Å². The lowest BCUT2D eigenvalue weighted by Gasteiger charge is -2.21. The maximum atomic E-state index is 13.4. The standard InChI is InChI=1S/C23H19BrN2O5/c1-12(2)25-18-9-8-13(24)10-15(18)20(22(25)29)16-11-19(27)26(21(16)28)17-7-5-4-6-14(17)23(30)31-3/h4-10,12H,11H2,1-3H3/b20-16-. The highest BCUT2D eigenvalue weighted by Gasteiger charge is 2.44. The lowest BCUT2D eigenvalue weighted by Crippen LogP contribution is -2.34. The summed E-state index contributed by atoms with van der Waals surface area (Å²) in [5, 5.41) is 0. The molecule has 0 aromatic heterocycles. The van der Waals surface area contributed by atoms with Gasteiger partial charge in [-0.25, -0.2) is 9.69 Å². The number of methoxy groups -OCH3 is 1. The number of hydrogen-bond donors (Lipinski definition) is 0. The SMILES string of the molecule is COC(=O)c1ccccc1N1C(=O)C/C(=C2/C(=O)N(C(C)C)c3ccc(Br)cc32)C1=O. The normalized spacial score (nSPS) is 18.3. The van der Waals surface area contributed by atoms with E-state index in [2.05, 4.69) is 15.9 Å². The molecule has 0 saturated carbocycles. The van der Waals surface area contributed by atoms with Gasteiger partial charge < -0.3 is 9.64 Å². The van der Waals surface area contributed by atoms with E-state index in [1.807, 2.05) is 26.0 Å². The van der Waals surface area contributed by atoms with Crippen LogP contribution in [-0.4, -0.2) is 36.8 Å². The van der Waals surface area contributed by atoms with E-state index in [-0.39, 0.29) is 40.8 Å². The number of rotatable bonds is 3. The van der Waals surface area contributed by atoms with Crippen molar-refractivity contribution in [3.63, 3.8) is 0 Å². The predicted octanol–water partition coefficient (Wildman–Crippen LogP) is 3.71. The van der Waals surface area contributed by atoms with Crippen molar-refractivity contribution in [2.75, 3.05) is 16.9 Å². The topological polar surface area (TPSA) is 84.0 Å². The molecule has 2 aliphatic rings. The van der Waals surface area contributed by atoms with E-state index in [0.29, 0.717) is 11.3 Å². The number of anilines is 2. The molecule has 31 heavy (non-hydrogen) atoms. The Kier molecular flexibility index (Phi) is 5.26. The van der Waals surface area contributed by atoms with Crippen LogP contribution in [0.5, 0.6) is 0 Å². The molecule has 1 fully saturated rings. The maximum Gasteiger partial charge on any atom is 0.339 e. The van der Waals surface area contributed by atoms with Crippen LogP contribution in [0, 0.1) is 0 Å². The number of carbonyl (C=O) groups is 4. The second-order valence-electron chi connectivity index (χ2n) is 7.50. The minimum Gasteiger partial charge on any atom is -0.465 e. The van der Waals surface area contributed by atoms with Crippen molar-refractivity contribution in [1.82, 2.24) is 0 Å². The van der Waals surface area contributed by atoms with Gasteiger partial charge in [-0.15, -0.1) is 0 Å². The van der Waals surface area contributed by atoms with E-state index < -0.39 is 17.8 Å². The number of fused-ring (bicyclic) bond motifs is 1. The third-order valence-electron chi connectivity index (χ3n) is 5.33. The average Bonchev–Trinajstić information content (AvgIpc) is 3.18. The minimum atomic E-state index is -0.658. The Hall–Kier alpha value is -3.26. The Morgan fingerprint density at radius 3 is 2.42 bits per heavy atom. The van der Waals surface area contributed by atoms with Gasteiger partial charge in [-0.05, 0) is 44.2 Å². The summed E-state index contributed by atoms with van der Waals surface area (Å²) in [7, 11) is 1.23. The molecule has 2 aromatic rings. The van der Waals surface area contributed by atoms with Crippen molar-refractivity contribution in [2.24, 2.45) is 0 Å². The largest absolute Gasteiger partial charge is 0.465 e. The second-order valence-corrected chi connectivity index (χ2v) is 8.42. The van der Waals surface area contributed by atoms with E-state index >= 15 is 0 Å². The van der Waals surface area contributed by atoms with Gasteiger partial charge >= 0.3 is 5.97 Å². The number of esters is 1. The van der Waals surface area contributed by atoms with E-state index in [0.717, 1.165) is 9.37 Å². The van der Waals surface area contributed by atoms with Crippen molar-refractivity contribution in [3.8, 4) is 0 Å². The first-order valence-corrected chi connectivity index (χ1v) is 10.5. The van der Waals surface area contributed by atoms with Gasteiger partial charge in [-0.2, -0.15) is 0 Å². The van der Waals surface area contributed by atoms with Crippen LogP contribution in [0.3, 0.4) is 0 Å². The Bertz CT molecular complexity index is 1180. The number of halogens is 1. The van der Waals surface area contributed by atoms with Crippen LogP contribution in [0.1, 0.15) is 36.2 Å². The molecular weight excluding hydrogens is 464 g/mol. The zero-order valence-corrected chi connectivity index (χ0v) is 18.7. The maximum absolute atomic E-state index is 13.4. The Morgan fingerprint density at radius 1 is 1.03 bits per heavy atom. The summed E-state index contributed by atoms with van der Waals surface area (Å²) < 4.78 is 5.54. The first kappa shape index (κ1) is 21.0. The van der Waals surface area contributed by atoms with Crippen LogP contribution in [0.4, 0.5) is 11.4 Å². The molecule has 3 amide bonds. The highest BCUT2D eigenvalue weighted by molar-refractivity contribution is 9.10. The minimum absolute atomic E-state index is 0.0997. The van der Waals surface area contributed by atoms with Crippen LogP contribution in [0.2, 0.25) is 0 Å². The quantitative estimate of drug-likeness (QED) is 0.378. The van der Waals surface area contributed by atoms with Crippen molar-refractivity contribution in [2.45, 2.75) is 26.3 Å². The number of hydrogen-bond acceptors (Lipinski definition) is 5. The highest BCUT2D eigenvalue weighted by atomic mass is 79.9. The number of nitrogens with zero attached hydrogens (tertiary/aromatic N) is 2. The lowest BCUT2D eigenvalue weighted by atomic mass is 10.00. The molecule has 2 aromatic carbocycles. The van der Waals surface area contributed by atoms with E-state index in [1.165, 1.54) is 19.2 Å². The van der Waals surface area contributed by atoms with Crippen molar-refractivity contribution in [1.29, 1.82) is 0 Å². The third-order valence-corrected chi connectivity index (χ3v) is 5.82. The number of benzene rings is 2. The van der Waals surface area contributed by atoms with Crippen molar-refractivity contribution in [3.05, 3.63) is 63.6 Å². The molecule has 158 valence electrons. The van der Waals surface area contributed by atoms with Crippen LogP contribution in [0.25, 0.3) is 5.57 Å². The Morgan fingerprint density at radius 2 is 1.74 bits per heavy atom. The summed E-state index contributed by atoms with van der Waals surface area (Å²) in [5.41, 5.74) is 1.88. The van der Waals surface area contributed by atoms with Gasteiger partial charge in [-0.3, -0.25) is 14.4 Å². The summed E-state index contributed by atoms with van der Waals surface area (Å²) in [6, 6.07) is 11.5. The predicted molar refractivity (Wildman–Crippen MR) is 119 cm³/mol. The highest BCUT2D eigenvalue weighted by Crippen LogP contribution is 2.43. The molecule has 2 heterocycles. The Labute approximate surface area is 187 Å². The number of imide groups is 1. The fourth-order valence-electron chi connectivity index (χ4n) is 4.01. The summed E-state index contributed by atoms with van der Waals surface area (Å²) in [6.07, 6.45) is -0.229. The monoisotopic (exact) mass is 482 g/mol. The summed E-state index contributed by atoms with van der Waals surface area (Å²) in [4.78, 5) is 54.4. The van der Waals surface area contributed by atoms with Crippen LogP contribution >= 0.6 is 15.9 Å². The van der Waals surface area contributed by atoms with Gasteiger partial charge in [0.05, 0.1) is 36.0 Å². The van der Waals surface area contributed by atoms with Gasteiger partial charge in [0.15, 0.2) is 0 Å². The molecule has 0 spiro atoms. The number of para-hydroxylation sites is 1. The molecule has 0 unspecified atom stereocenters. The molecule has 2 aliphatic heterocycles. The molecule has 0 N–H and O–H groups in total. The summed E-state index contributed by atoms with van der Waals surface area (Å²) in [6.45, 7) is 3.77. The summed E-state index contributed by atoms with van der Waals surface area (Å²) >= 11 is 3.42.